The van der Waals surface area contributed by atoms with E-state index in [4.69, 9.17) is 10.2 Å². The minimum atomic E-state index is -6.60. The highest BCUT2D eigenvalue weighted by atomic mass is 19.4. The van der Waals surface area contributed by atoms with Gasteiger partial charge in [-0.1, -0.05) is 0 Å². The van der Waals surface area contributed by atoms with E-state index in [9.17, 15) is 35.5 Å². The van der Waals surface area contributed by atoms with E-state index >= 15 is 0 Å². The number of nitrogens with two attached hydrogens (primary N) is 1. The van der Waals surface area contributed by atoms with E-state index in [1.54, 1.807) is 0 Å². The number of aliphatic carboxylic acids is 1. The maximum absolute atomic E-state index is 11.8. The number of aliphatic hydroxyl groups is 1. The highest BCUT2D eigenvalue weighted by Gasteiger charge is 2.76. The third-order valence-electron chi connectivity index (χ3n) is 1.02. The number of aliphatic hydroxyl groups excluding tert-OH is 1. The summed E-state index contributed by atoms with van der Waals surface area (Å²) in [5, 5.41) is 15.2. The van der Waals surface area contributed by atoms with Crippen molar-refractivity contribution in [2.24, 2.45) is 5.73 Å². The lowest BCUT2D eigenvalue weighted by atomic mass is 10.1. The molecule has 4 N–H and O–H groups in total. The second-order valence-electron chi connectivity index (χ2n) is 2.69. The Bertz CT molecular complexity index is 260. The molecule has 1 unspecified atom stereocenters. The van der Waals surface area contributed by atoms with Crippen LogP contribution >= 0.6 is 0 Å². The summed E-state index contributed by atoms with van der Waals surface area (Å²) in [6.45, 7) is 1.50. The summed E-state index contributed by atoms with van der Waals surface area (Å²) in [6.07, 6.45) is -7.27. The fraction of sp³-hybridized carbons (Fsp3) is 0.833. The van der Waals surface area contributed by atoms with Gasteiger partial charge >= 0.3 is 24.0 Å². The van der Waals surface area contributed by atoms with Crippen molar-refractivity contribution < 1.29 is 45.7 Å². The predicted molar refractivity (Wildman–Crippen MR) is 39.5 cm³/mol. The van der Waals surface area contributed by atoms with Crippen molar-refractivity contribution in [1.82, 2.24) is 0 Å². The Morgan fingerprint density at radius 3 is 1.41 bits per heavy atom. The summed E-state index contributed by atoms with van der Waals surface area (Å²) >= 11 is 0. The Labute approximate surface area is 89.8 Å². The molecule has 11 heteroatoms. The van der Waals surface area contributed by atoms with Gasteiger partial charge < -0.3 is 15.9 Å². The lowest BCUT2D eigenvalue weighted by Crippen LogP contribution is -2.56. The Balaban J connectivity index is 0. The lowest BCUT2D eigenvalue weighted by molar-refractivity contribution is -0.347. The number of rotatable bonds is 2. The van der Waals surface area contributed by atoms with Crippen LogP contribution in [0.15, 0.2) is 0 Å². The number of alkyl halides is 7. The van der Waals surface area contributed by atoms with Crippen LogP contribution in [0.3, 0.4) is 0 Å². The molecule has 0 fully saturated rings. The highest BCUT2D eigenvalue weighted by Crippen LogP contribution is 2.46. The standard InChI is InChI=1S/C4HF7O2.C2H7NO/c5-2(6,1(12)13)3(7,8)4(9,10)11;1-2(3)4/h(H,12,13);2,4H,3H2,1H3. The van der Waals surface area contributed by atoms with Crippen LogP contribution in [0.2, 0.25) is 0 Å². The largest absolute Gasteiger partial charge is 0.477 e. The Morgan fingerprint density at radius 1 is 1.12 bits per heavy atom. The minimum Gasteiger partial charge on any atom is -0.477 e. The van der Waals surface area contributed by atoms with Crippen molar-refractivity contribution >= 4 is 5.97 Å². The third kappa shape index (κ3) is 4.73. The number of carboxylic acid groups (broad SMARTS) is 1. The molecule has 0 aromatic heterocycles. The van der Waals surface area contributed by atoms with Crippen LogP contribution in [0.25, 0.3) is 0 Å². The van der Waals surface area contributed by atoms with Gasteiger partial charge in [-0.15, -0.1) is 0 Å². The molecule has 0 spiro atoms. The van der Waals surface area contributed by atoms with Crippen LogP contribution in [0.1, 0.15) is 6.92 Å². The monoisotopic (exact) mass is 275 g/mol. The number of halogens is 7. The molecule has 0 radical (unpaired) electrons. The van der Waals surface area contributed by atoms with Crippen molar-refractivity contribution in [1.29, 1.82) is 0 Å². The van der Waals surface area contributed by atoms with Gasteiger partial charge in [0.25, 0.3) is 0 Å². The van der Waals surface area contributed by atoms with E-state index in [1.807, 2.05) is 0 Å². The fourth-order valence-electron chi connectivity index (χ4n) is 0.312. The summed E-state index contributed by atoms with van der Waals surface area (Å²) in [7, 11) is 0. The summed E-state index contributed by atoms with van der Waals surface area (Å²) < 4.78 is 80.5. The van der Waals surface area contributed by atoms with Crippen LogP contribution in [-0.2, 0) is 4.79 Å². The topological polar surface area (TPSA) is 83.5 Å². The van der Waals surface area contributed by atoms with E-state index in [0.29, 0.717) is 0 Å². The maximum atomic E-state index is 11.8. The van der Waals surface area contributed by atoms with E-state index in [1.165, 1.54) is 6.92 Å². The number of hydrogen-bond acceptors (Lipinski definition) is 3. The molecule has 0 heterocycles. The van der Waals surface area contributed by atoms with Gasteiger partial charge in [-0.25, -0.2) is 4.79 Å². The summed E-state index contributed by atoms with van der Waals surface area (Å²) in [5.74, 6) is -16.3. The number of carboxylic acids is 1. The van der Waals surface area contributed by atoms with Gasteiger partial charge in [0.15, 0.2) is 0 Å². The number of carbonyl (C=O) groups is 1. The van der Waals surface area contributed by atoms with Crippen LogP contribution in [0.4, 0.5) is 30.7 Å². The van der Waals surface area contributed by atoms with E-state index in [0.717, 1.165) is 0 Å². The summed E-state index contributed by atoms with van der Waals surface area (Å²) in [4.78, 5) is 9.38. The van der Waals surface area contributed by atoms with E-state index in [-0.39, 0.29) is 0 Å². The lowest BCUT2D eigenvalue weighted by Gasteiger charge is -2.24. The normalized spacial score (nSPS) is 14.7. The molecular formula is C6H8F7NO3. The van der Waals surface area contributed by atoms with Crippen molar-refractivity contribution in [2.75, 3.05) is 0 Å². The molecule has 0 aromatic rings. The van der Waals surface area contributed by atoms with Crippen molar-refractivity contribution in [3.63, 3.8) is 0 Å². The molecule has 0 aliphatic heterocycles. The molecule has 1 atom stereocenters. The average molecular weight is 275 g/mol. The van der Waals surface area contributed by atoms with Crippen molar-refractivity contribution in [2.45, 2.75) is 31.2 Å². The molecule has 0 aliphatic carbocycles. The fourth-order valence-corrected chi connectivity index (χ4v) is 0.312. The smallest absolute Gasteiger partial charge is 0.460 e. The maximum Gasteiger partial charge on any atom is 0.460 e. The van der Waals surface area contributed by atoms with Crippen molar-refractivity contribution in [3.05, 3.63) is 0 Å². The first-order valence-corrected chi connectivity index (χ1v) is 3.67. The van der Waals surface area contributed by atoms with Crippen molar-refractivity contribution in [3.8, 4) is 0 Å². The van der Waals surface area contributed by atoms with Gasteiger partial charge in [-0.3, -0.25) is 0 Å². The zero-order valence-corrected chi connectivity index (χ0v) is 8.10. The quantitative estimate of drug-likeness (QED) is 0.522. The first kappa shape index (κ1) is 18.3. The molecule has 0 amide bonds. The van der Waals surface area contributed by atoms with Crippen LogP contribution in [-0.4, -0.2) is 40.4 Å². The van der Waals surface area contributed by atoms with Gasteiger partial charge in [0, 0.05) is 0 Å². The molecular weight excluding hydrogens is 267 g/mol. The minimum absolute atomic E-state index is 0.667. The molecule has 0 bridgehead atoms. The zero-order valence-electron chi connectivity index (χ0n) is 8.10. The highest BCUT2D eigenvalue weighted by molar-refractivity contribution is 5.76. The first-order valence-electron chi connectivity index (χ1n) is 3.67. The first-order chi connectivity index (χ1) is 7.18. The van der Waals surface area contributed by atoms with Gasteiger partial charge in [0.1, 0.15) is 0 Å². The molecule has 0 saturated carbocycles. The predicted octanol–water partition coefficient (Wildman–Crippen LogP) is 1.19. The Kier molecular flexibility index (Phi) is 5.90. The van der Waals surface area contributed by atoms with Crippen LogP contribution in [0, 0.1) is 0 Å². The molecule has 4 nitrogen and oxygen atoms in total. The molecule has 0 aromatic carbocycles. The Morgan fingerprint density at radius 2 is 1.35 bits per heavy atom. The second kappa shape index (κ2) is 5.49. The van der Waals surface area contributed by atoms with Gasteiger partial charge in [0.2, 0.25) is 0 Å². The summed E-state index contributed by atoms with van der Waals surface area (Å²) in [5.41, 5.74) is 4.67. The third-order valence-corrected chi connectivity index (χ3v) is 1.02. The SMILES string of the molecule is CC(N)O.O=C(O)C(F)(F)C(F)(F)C(F)(F)F. The van der Waals surface area contributed by atoms with Crippen LogP contribution in [0.5, 0.6) is 0 Å². The van der Waals surface area contributed by atoms with Gasteiger partial charge in [-0.05, 0) is 6.92 Å². The van der Waals surface area contributed by atoms with Gasteiger partial charge in [-0.2, -0.15) is 30.7 Å². The van der Waals surface area contributed by atoms with E-state index in [2.05, 4.69) is 5.73 Å². The molecule has 0 saturated heterocycles. The van der Waals surface area contributed by atoms with E-state index < -0.39 is 30.2 Å². The number of hydrogen-bond donors (Lipinski definition) is 3. The second-order valence-corrected chi connectivity index (χ2v) is 2.69. The molecule has 17 heavy (non-hydrogen) atoms. The molecule has 104 valence electrons. The van der Waals surface area contributed by atoms with Crippen LogP contribution < -0.4 is 5.73 Å². The van der Waals surface area contributed by atoms with Gasteiger partial charge in [0.05, 0.1) is 6.23 Å². The molecule has 0 aliphatic rings. The molecule has 0 rings (SSSR count). The average Bonchev–Trinajstić information content (AvgIpc) is 1.99. The zero-order chi connectivity index (χ0) is 14.7. The summed E-state index contributed by atoms with van der Waals surface area (Å²) in [6, 6.07) is 0. The Hall–Kier alpha value is -1.10.